The molecule has 2 aliphatic rings. The summed E-state index contributed by atoms with van der Waals surface area (Å²) < 4.78 is 5.23. The Kier molecular flexibility index (Phi) is 9.82. The quantitative estimate of drug-likeness (QED) is 0.306. The van der Waals surface area contributed by atoms with Gasteiger partial charge in [0.05, 0.1) is 18.3 Å². The van der Waals surface area contributed by atoms with Crippen LogP contribution in [0.3, 0.4) is 0 Å². The molecule has 1 aromatic carbocycles. The minimum absolute atomic E-state index is 0.0158. The van der Waals surface area contributed by atoms with Crippen LogP contribution in [-0.2, 0) is 20.8 Å². The summed E-state index contributed by atoms with van der Waals surface area (Å²) in [4.78, 5) is 29.8. The predicted molar refractivity (Wildman–Crippen MR) is 158 cm³/mol. The number of allylic oxidation sites excluding steroid dienone is 1. The van der Waals surface area contributed by atoms with Crippen LogP contribution in [0.25, 0.3) is 6.08 Å². The summed E-state index contributed by atoms with van der Waals surface area (Å²) in [7, 11) is 5.31. The monoisotopic (exact) mass is 554 g/mol. The molecule has 1 fully saturated rings. The number of phenols is 1. The SMILES string of the molecule is CC[C@@H]1CCC(=O)CC(=O)C=Cc2cc(OC)c(O)cc2Cc2cnc(N)c(c2)C2(CCCCC2)SSC1. The number of nitrogens with two attached hydrogens (primary N) is 1. The summed E-state index contributed by atoms with van der Waals surface area (Å²) in [6.45, 7) is 2.17. The minimum Gasteiger partial charge on any atom is -0.504 e. The molecule has 0 saturated heterocycles. The molecular formula is C30H38N2O4S2. The maximum atomic E-state index is 12.6. The third-order valence-electron chi connectivity index (χ3n) is 7.71. The fourth-order valence-electron chi connectivity index (χ4n) is 5.36. The molecule has 2 aromatic rings. The molecule has 3 N–H and O–H groups in total. The van der Waals surface area contributed by atoms with Crippen molar-refractivity contribution in [3.05, 3.63) is 52.7 Å². The topological polar surface area (TPSA) is 103 Å². The van der Waals surface area contributed by atoms with Gasteiger partial charge < -0.3 is 15.6 Å². The number of pyridine rings is 1. The van der Waals surface area contributed by atoms with Gasteiger partial charge in [-0.15, -0.1) is 0 Å². The van der Waals surface area contributed by atoms with E-state index in [1.807, 2.05) is 21.6 Å². The lowest BCUT2D eigenvalue weighted by Crippen LogP contribution is -2.26. The maximum absolute atomic E-state index is 12.6. The van der Waals surface area contributed by atoms with Crippen LogP contribution in [0.4, 0.5) is 5.82 Å². The van der Waals surface area contributed by atoms with Gasteiger partial charge in [-0.25, -0.2) is 4.98 Å². The lowest BCUT2D eigenvalue weighted by molar-refractivity contribution is -0.124. The van der Waals surface area contributed by atoms with E-state index in [1.54, 1.807) is 24.4 Å². The van der Waals surface area contributed by atoms with Crippen molar-refractivity contribution in [2.75, 3.05) is 18.6 Å². The number of carbonyl (C=O) groups is 2. The number of methoxy groups -OCH3 is 1. The number of ketones is 2. The Hall–Kier alpha value is -2.45. The first kappa shape index (κ1) is 28.6. The van der Waals surface area contributed by atoms with Crippen LogP contribution in [0.5, 0.6) is 11.5 Å². The maximum Gasteiger partial charge on any atom is 0.163 e. The molecule has 8 heteroatoms. The number of carbonyl (C=O) groups excluding carboxylic acids is 2. The Morgan fingerprint density at radius 2 is 1.92 bits per heavy atom. The van der Waals surface area contributed by atoms with Crippen LogP contribution in [-0.4, -0.2) is 34.5 Å². The van der Waals surface area contributed by atoms with Crippen LogP contribution in [0.1, 0.15) is 87.0 Å². The highest BCUT2D eigenvalue weighted by atomic mass is 33.1. The van der Waals surface area contributed by atoms with Crippen LogP contribution >= 0.6 is 21.6 Å². The number of Topliss-reactive ketones (excluding diaryl/α,β-unsaturated/α-hetero) is 1. The van der Waals surface area contributed by atoms with Gasteiger partial charge in [0.25, 0.3) is 0 Å². The van der Waals surface area contributed by atoms with Gasteiger partial charge in [0, 0.05) is 23.9 Å². The van der Waals surface area contributed by atoms with Gasteiger partial charge in [-0.3, -0.25) is 9.59 Å². The molecule has 1 aromatic heterocycles. The number of phenolic OH excluding ortho intramolecular Hbond substituents is 1. The highest BCUT2D eigenvalue weighted by Crippen LogP contribution is 2.54. The highest BCUT2D eigenvalue weighted by molar-refractivity contribution is 8.77. The first-order valence-electron chi connectivity index (χ1n) is 13.5. The largest absolute Gasteiger partial charge is 0.504 e. The van der Waals surface area contributed by atoms with Gasteiger partial charge in [-0.2, -0.15) is 0 Å². The normalized spacial score (nSPS) is 20.9. The van der Waals surface area contributed by atoms with Gasteiger partial charge in [-0.1, -0.05) is 60.3 Å². The molecule has 6 nitrogen and oxygen atoms in total. The number of nitrogen functional groups attached to an aromatic ring is 1. The lowest BCUT2D eigenvalue weighted by Gasteiger charge is -2.37. The van der Waals surface area contributed by atoms with Gasteiger partial charge >= 0.3 is 0 Å². The van der Waals surface area contributed by atoms with E-state index in [2.05, 4.69) is 18.0 Å². The van der Waals surface area contributed by atoms with Crippen molar-refractivity contribution in [3.8, 4) is 11.5 Å². The molecule has 4 rings (SSSR count). The van der Waals surface area contributed by atoms with Crippen molar-refractivity contribution in [2.45, 2.75) is 75.9 Å². The number of ether oxygens (including phenoxy) is 1. The van der Waals surface area contributed by atoms with Crippen LogP contribution in [0.15, 0.2) is 30.5 Å². The fraction of sp³-hybridized carbons (Fsp3) is 0.500. The number of hydrogen-bond donors (Lipinski definition) is 2. The number of nitrogens with zero attached hydrogens (tertiary/aromatic N) is 1. The molecular weight excluding hydrogens is 516 g/mol. The molecule has 38 heavy (non-hydrogen) atoms. The Balaban J connectivity index is 1.77. The summed E-state index contributed by atoms with van der Waals surface area (Å²) in [6.07, 6.45) is 13.3. The second-order valence-corrected chi connectivity index (χ2v) is 13.2. The summed E-state index contributed by atoms with van der Waals surface area (Å²) in [5.74, 6) is 2.10. The van der Waals surface area contributed by atoms with E-state index >= 15 is 0 Å². The van der Waals surface area contributed by atoms with Gasteiger partial charge in [0.1, 0.15) is 11.6 Å². The zero-order chi connectivity index (χ0) is 27.1. The predicted octanol–water partition coefficient (Wildman–Crippen LogP) is 6.87. The number of rotatable bonds is 2. The van der Waals surface area contributed by atoms with Crippen molar-refractivity contribution in [1.82, 2.24) is 4.98 Å². The Morgan fingerprint density at radius 1 is 1.13 bits per heavy atom. The van der Waals surface area contributed by atoms with E-state index in [9.17, 15) is 14.7 Å². The van der Waals surface area contributed by atoms with Crippen molar-refractivity contribution in [3.63, 3.8) is 0 Å². The average molecular weight is 555 g/mol. The highest BCUT2D eigenvalue weighted by Gasteiger charge is 2.37. The van der Waals surface area contributed by atoms with Crippen LogP contribution < -0.4 is 10.5 Å². The van der Waals surface area contributed by atoms with Crippen molar-refractivity contribution in [2.24, 2.45) is 5.92 Å². The van der Waals surface area contributed by atoms with Crippen molar-refractivity contribution >= 4 is 45.0 Å². The van der Waals surface area contributed by atoms with E-state index in [0.29, 0.717) is 30.3 Å². The summed E-state index contributed by atoms with van der Waals surface area (Å²) in [5.41, 5.74) is 10.2. The zero-order valence-electron chi connectivity index (χ0n) is 22.3. The molecule has 1 aliphatic carbocycles. The van der Waals surface area contributed by atoms with Crippen molar-refractivity contribution < 1.29 is 19.4 Å². The second-order valence-electron chi connectivity index (χ2n) is 10.4. The average Bonchev–Trinajstić information content (AvgIpc) is 2.91. The van der Waals surface area contributed by atoms with E-state index in [0.717, 1.165) is 66.5 Å². The van der Waals surface area contributed by atoms with E-state index in [4.69, 9.17) is 10.5 Å². The molecule has 1 spiro atoms. The molecule has 1 aliphatic heterocycles. The Morgan fingerprint density at radius 3 is 2.66 bits per heavy atom. The van der Waals surface area contributed by atoms with Gasteiger partial charge in [0.2, 0.25) is 0 Å². The fourth-order valence-corrected chi connectivity index (χ4v) is 9.18. The Labute approximate surface area is 233 Å². The molecule has 2 heterocycles. The first-order chi connectivity index (χ1) is 18.3. The number of aromatic nitrogens is 1. The number of anilines is 1. The van der Waals surface area contributed by atoms with Crippen molar-refractivity contribution in [1.29, 1.82) is 0 Å². The summed E-state index contributed by atoms with van der Waals surface area (Å²) >= 11 is 0. The Bertz CT molecular complexity index is 1190. The van der Waals surface area contributed by atoms with E-state index in [-0.39, 0.29) is 28.5 Å². The number of aromatic hydroxyl groups is 1. The smallest absolute Gasteiger partial charge is 0.163 e. The summed E-state index contributed by atoms with van der Waals surface area (Å²) in [6, 6.07) is 5.59. The third kappa shape index (κ3) is 6.94. The minimum atomic E-state index is -0.220. The molecule has 0 radical (unpaired) electrons. The number of hydrogen-bond acceptors (Lipinski definition) is 8. The van der Waals surface area contributed by atoms with E-state index < -0.39 is 0 Å². The van der Waals surface area contributed by atoms with Gasteiger partial charge in [0.15, 0.2) is 17.3 Å². The van der Waals surface area contributed by atoms with Crippen LogP contribution in [0, 0.1) is 5.92 Å². The molecule has 1 atom stereocenters. The standard InChI is InChI=1S/C30H38N2O4S2/c1-3-20-7-9-24(33)17-25(34)10-8-22-16-28(36-2)27(35)15-23(22)13-21-14-26(29(31)32-18-21)30(38-37-19-20)11-5-4-6-12-30/h8,10,14-16,18,20,35H,3-7,9,11-13,17,19H2,1-2H3,(H2,31,32)/t20-/m1/s1. The molecule has 1 saturated carbocycles. The summed E-state index contributed by atoms with van der Waals surface area (Å²) in [5, 5.41) is 10.5. The molecule has 0 unspecified atom stereocenters. The zero-order valence-corrected chi connectivity index (χ0v) is 24.0. The lowest BCUT2D eigenvalue weighted by atomic mass is 9.82. The molecule has 0 amide bonds. The number of benzene rings is 1. The third-order valence-corrected chi connectivity index (χ3v) is 11.1. The number of fused-ring (bicyclic) bond motifs is 4. The first-order valence-corrected chi connectivity index (χ1v) is 15.8. The molecule has 204 valence electrons. The molecule has 2 bridgehead atoms. The van der Waals surface area contributed by atoms with Crippen LogP contribution in [0.2, 0.25) is 0 Å². The van der Waals surface area contributed by atoms with Gasteiger partial charge in [-0.05, 0) is 72.6 Å². The van der Waals surface area contributed by atoms with E-state index in [1.165, 1.54) is 19.6 Å². The second kappa shape index (κ2) is 13.1.